The molecule has 0 N–H and O–H groups in total. The average Bonchev–Trinajstić information content (AvgIpc) is 2.40. The molecule has 0 spiro atoms. The molecule has 0 aliphatic carbocycles. The van der Waals surface area contributed by atoms with Crippen molar-refractivity contribution in [2.45, 2.75) is 12.7 Å². The molecule has 0 unspecified atom stereocenters. The van der Waals surface area contributed by atoms with Gasteiger partial charge in [0.25, 0.3) is 5.56 Å². The van der Waals surface area contributed by atoms with Gasteiger partial charge in [0.15, 0.2) is 5.78 Å². The van der Waals surface area contributed by atoms with Crippen LogP contribution in [0.2, 0.25) is 5.02 Å². The molecule has 0 amide bonds. The molecule has 0 fully saturated rings. The second-order valence-corrected chi connectivity index (χ2v) is 4.64. The lowest BCUT2D eigenvalue weighted by molar-refractivity contribution is -0.144. The topological polar surface area (TPSA) is 39.1 Å². The lowest BCUT2D eigenvalue weighted by Gasteiger charge is -2.14. The zero-order valence-electron chi connectivity index (χ0n) is 10.5. The van der Waals surface area contributed by atoms with Gasteiger partial charge in [-0.3, -0.25) is 14.2 Å². The van der Waals surface area contributed by atoms with E-state index in [-0.39, 0.29) is 10.6 Å². The highest BCUT2D eigenvalue weighted by atomic mass is 35.5. The van der Waals surface area contributed by atoms with Gasteiger partial charge in [-0.2, -0.15) is 13.2 Å². The highest BCUT2D eigenvalue weighted by Crippen LogP contribution is 2.28. The van der Waals surface area contributed by atoms with E-state index in [2.05, 4.69) is 0 Å². The summed E-state index contributed by atoms with van der Waals surface area (Å²) in [7, 11) is 0. The summed E-state index contributed by atoms with van der Waals surface area (Å²) in [5.41, 5.74) is -2.00. The summed E-state index contributed by atoms with van der Waals surface area (Å²) in [6, 6.07) is 8.70. The van der Waals surface area contributed by atoms with E-state index in [0.29, 0.717) is 4.57 Å². The molecule has 0 aliphatic rings. The molecule has 0 saturated heterocycles. The van der Waals surface area contributed by atoms with Gasteiger partial charge < -0.3 is 0 Å². The van der Waals surface area contributed by atoms with Crippen LogP contribution in [0.1, 0.15) is 16.1 Å². The maximum Gasteiger partial charge on any atom is 0.431 e. The Bertz CT molecular complexity index is 737. The summed E-state index contributed by atoms with van der Waals surface area (Å²) in [5.74, 6) is -0.667. The van der Waals surface area contributed by atoms with Gasteiger partial charge in [0, 0.05) is 11.6 Å². The van der Waals surface area contributed by atoms with Crippen LogP contribution < -0.4 is 5.56 Å². The quantitative estimate of drug-likeness (QED) is 0.814. The molecule has 1 aromatic heterocycles. The smallest absolute Gasteiger partial charge is 0.297 e. The average molecular weight is 316 g/mol. The van der Waals surface area contributed by atoms with E-state index in [1.807, 2.05) is 0 Å². The molecular formula is C14H9ClF3NO2. The Labute approximate surface area is 122 Å². The maximum absolute atomic E-state index is 12.9. The SMILES string of the molecule is O=C(Cn1c(C(F)(F)F)cccc1=O)c1ccccc1Cl. The summed E-state index contributed by atoms with van der Waals surface area (Å²) in [4.78, 5) is 23.7. The predicted octanol–water partition coefficient (Wildman–Crippen LogP) is 3.40. The van der Waals surface area contributed by atoms with Gasteiger partial charge in [-0.05, 0) is 18.2 Å². The van der Waals surface area contributed by atoms with Gasteiger partial charge >= 0.3 is 6.18 Å². The fourth-order valence-corrected chi connectivity index (χ4v) is 2.09. The van der Waals surface area contributed by atoms with E-state index in [1.54, 1.807) is 6.07 Å². The summed E-state index contributed by atoms with van der Waals surface area (Å²) in [6.07, 6.45) is -4.72. The molecule has 0 atom stereocenters. The second kappa shape index (κ2) is 5.73. The largest absolute Gasteiger partial charge is 0.431 e. The minimum Gasteiger partial charge on any atom is -0.297 e. The van der Waals surface area contributed by atoms with E-state index >= 15 is 0 Å². The van der Waals surface area contributed by atoms with Crippen molar-refractivity contribution in [1.29, 1.82) is 0 Å². The van der Waals surface area contributed by atoms with E-state index in [0.717, 1.165) is 18.2 Å². The Hall–Kier alpha value is -2.08. The number of Topliss-reactive ketones (excluding diaryl/α,β-unsaturated/α-hetero) is 1. The third-order valence-corrected chi connectivity index (χ3v) is 3.15. The second-order valence-electron chi connectivity index (χ2n) is 4.24. The number of hydrogen-bond donors (Lipinski definition) is 0. The van der Waals surface area contributed by atoms with Crippen molar-refractivity contribution in [3.63, 3.8) is 0 Å². The highest BCUT2D eigenvalue weighted by molar-refractivity contribution is 6.33. The number of nitrogens with zero attached hydrogens (tertiary/aromatic N) is 1. The molecule has 0 radical (unpaired) electrons. The minimum absolute atomic E-state index is 0.0723. The Kier molecular flexibility index (Phi) is 4.18. The number of rotatable bonds is 3. The number of benzene rings is 1. The Morgan fingerprint density at radius 3 is 2.38 bits per heavy atom. The number of alkyl halides is 3. The number of aromatic nitrogens is 1. The summed E-state index contributed by atoms with van der Waals surface area (Å²) in [6.45, 7) is -0.724. The van der Waals surface area contributed by atoms with Crippen LogP contribution in [0.4, 0.5) is 13.2 Å². The van der Waals surface area contributed by atoms with Crippen LogP contribution >= 0.6 is 11.6 Å². The van der Waals surface area contributed by atoms with Gasteiger partial charge in [-0.25, -0.2) is 0 Å². The van der Waals surface area contributed by atoms with Crippen LogP contribution in [0, 0.1) is 0 Å². The number of carbonyl (C=O) groups is 1. The van der Waals surface area contributed by atoms with Crippen LogP contribution in [0.3, 0.4) is 0 Å². The lowest BCUT2D eigenvalue weighted by atomic mass is 10.1. The van der Waals surface area contributed by atoms with Crippen LogP contribution in [-0.4, -0.2) is 10.4 Å². The lowest BCUT2D eigenvalue weighted by Crippen LogP contribution is -2.30. The Morgan fingerprint density at radius 1 is 1.10 bits per heavy atom. The Morgan fingerprint density at radius 2 is 1.76 bits per heavy atom. The maximum atomic E-state index is 12.9. The molecule has 21 heavy (non-hydrogen) atoms. The minimum atomic E-state index is -4.72. The highest BCUT2D eigenvalue weighted by Gasteiger charge is 2.34. The van der Waals surface area contributed by atoms with Crippen molar-refractivity contribution in [2.24, 2.45) is 0 Å². The number of ketones is 1. The standard InChI is InChI=1S/C14H9ClF3NO2/c15-10-5-2-1-4-9(10)11(20)8-19-12(14(16,17)18)6-3-7-13(19)21/h1-7H,8H2. The predicted molar refractivity (Wildman–Crippen MR) is 71.5 cm³/mol. The molecule has 110 valence electrons. The normalized spacial score (nSPS) is 11.4. The van der Waals surface area contributed by atoms with Crippen molar-refractivity contribution in [3.05, 3.63) is 69.1 Å². The van der Waals surface area contributed by atoms with E-state index in [4.69, 9.17) is 11.6 Å². The first-order chi connectivity index (χ1) is 9.80. The zero-order chi connectivity index (χ0) is 15.6. The number of pyridine rings is 1. The van der Waals surface area contributed by atoms with Crippen molar-refractivity contribution in [3.8, 4) is 0 Å². The number of hydrogen-bond acceptors (Lipinski definition) is 2. The van der Waals surface area contributed by atoms with Crippen LogP contribution in [0.25, 0.3) is 0 Å². The van der Waals surface area contributed by atoms with Crippen molar-refractivity contribution in [2.75, 3.05) is 0 Å². The third kappa shape index (κ3) is 3.33. The molecular weight excluding hydrogens is 307 g/mol. The first-order valence-electron chi connectivity index (χ1n) is 5.85. The van der Waals surface area contributed by atoms with Crippen LogP contribution in [0.15, 0.2) is 47.3 Å². The molecule has 0 bridgehead atoms. The monoisotopic (exact) mass is 315 g/mol. The summed E-state index contributed by atoms with van der Waals surface area (Å²) in [5, 5.41) is 0.125. The molecule has 0 aliphatic heterocycles. The molecule has 7 heteroatoms. The molecule has 0 saturated carbocycles. The molecule has 3 nitrogen and oxygen atoms in total. The zero-order valence-corrected chi connectivity index (χ0v) is 11.3. The van der Waals surface area contributed by atoms with Gasteiger partial charge in [0.2, 0.25) is 0 Å². The third-order valence-electron chi connectivity index (χ3n) is 2.82. The first-order valence-corrected chi connectivity index (χ1v) is 6.23. The fraction of sp³-hybridized carbons (Fsp3) is 0.143. The van der Waals surface area contributed by atoms with Gasteiger partial charge in [0.1, 0.15) is 5.69 Å². The number of halogens is 4. The van der Waals surface area contributed by atoms with Crippen LogP contribution in [-0.2, 0) is 12.7 Å². The van der Waals surface area contributed by atoms with Gasteiger partial charge in [0.05, 0.1) is 11.6 Å². The fourth-order valence-electron chi connectivity index (χ4n) is 1.85. The molecule has 1 aromatic carbocycles. The van der Waals surface area contributed by atoms with Crippen molar-refractivity contribution < 1.29 is 18.0 Å². The molecule has 1 heterocycles. The molecule has 2 aromatic rings. The van der Waals surface area contributed by atoms with E-state index in [1.165, 1.54) is 18.2 Å². The number of carbonyl (C=O) groups excluding carboxylic acids is 1. The first kappa shape index (κ1) is 15.3. The molecule has 2 rings (SSSR count). The van der Waals surface area contributed by atoms with Gasteiger partial charge in [-0.15, -0.1) is 0 Å². The van der Waals surface area contributed by atoms with E-state index < -0.39 is 29.8 Å². The van der Waals surface area contributed by atoms with Crippen molar-refractivity contribution in [1.82, 2.24) is 4.57 Å². The summed E-state index contributed by atoms with van der Waals surface area (Å²) < 4.78 is 39.0. The van der Waals surface area contributed by atoms with Crippen LogP contribution in [0.5, 0.6) is 0 Å². The van der Waals surface area contributed by atoms with Crippen molar-refractivity contribution >= 4 is 17.4 Å². The van der Waals surface area contributed by atoms with E-state index in [9.17, 15) is 22.8 Å². The Balaban J connectivity index is 2.43. The summed E-state index contributed by atoms with van der Waals surface area (Å²) >= 11 is 5.82. The van der Waals surface area contributed by atoms with Gasteiger partial charge in [-0.1, -0.05) is 29.8 Å².